The Morgan fingerprint density at radius 3 is 2.50 bits per heavy atom. The van der Waals surface area contributed by atoms with E-state index in [4.69, 9.17) is 0 Å². The summed E-state index contributed by atoms with van der Waals surface area (Å²) in [5, 5.41) is 2.72. The van der Waals surface area contributed by atoms with E-state index in [1.807, 2.05) is 26.8 Å². The smallest absolute Gasteiger partial charge is 0.240 e. The summed E-state index contributed by atoms with van der Waals surface area (Å²) in [5.41, 5.74) is 1.45. The normalized spacial score (nSPS) is 11.4. The Morgan fingerprint density at radius 2 is 2.00 bits per heavy atom. The molecule has 1 N–H and O–H groups in total. The van der Waals surface area contributed by atoms with Crippen molar-refractivity contribution in [1.29, 1.82) is 0 Å². The first-order valence-electron chi connectivity index (χ1n) is 6.51. The Kier molecular flexibility index (Phi) is 5.56. The third kappa shape index (κ3) is 5.21. The van der Waals surface area contributed by atoms with Gasteiger partial charge in [0.15, 0.2) is 0 Å². The number of anilines is 1. The van der Waals surface area contributed by atoms with Crippen molar-refractivity contribution in [2.24, 2.45) is 5.92 Å². The minimum absolute atomic E-state index is 0.199. The molecule has 5 nitrogen and oxygen atoms in total. The van der Waals surface area contributed by atoms with Crippen LogP contribution in [0.25, 0.3) is 0 Å². The minimum Gasteiger partial charge on any atom is -0.354 e. The second-order valence-corrected chi connectivity index (χ2v) is 7.21. The highest BCUT2D eigenvalue weighted by Crippen LogP contribution is 2.18. The van der Waals surface area contributed by atoms with Crippen LogP contribution in [0, 0.1) is 12.8 Å². The maximum absolute atomic E-state index is 11.9. The summed E-state index contributed by atoms with van der Waals surface area (Å²) in [6.07, 6.45) is 1.10. The summed E-state index contributed by atoms with van der Waals surface area (Å²) >= 11 is 0. The predicted octanol–water partition coefficient (Wildman–Crippen LogP) is 1.53. The van der Waals surface area contributed by atoms with Gasteiger partial charge in [-0.3, -0.25) is 9.10 Å². The second-order valence-electron chi connectivity index (χ2n) is 5.31. The molecule has 20 heavy (non-hydrogen) atoms. The van der Waals surface area contributed by atoms with Gasteiger partial charge in [0.25, 0.3) is 0 Å². The van der Waals surface area contributed by atoms with Gasteiger partial charge >= 0.3 is 0 Å². The van der Waals surface area contributed by atoms with Gasteiger partial charge in [-0.05, 0) is 30.5 Å². The first kappa shape index (κ1) is 16.5. The van der Waals surface area contributed by atoms with Crippen LogP contribution < -0.4 is 9.62 Å². The number of sulfonamides is 1. The standard InChI is InChI=1S/C14H22N2O3S/c1-11(2)9-15-14(17)10-16(20(4,18)19)13-7-5-6-12(3)8-13/h5-8,11H,9-10H2,1-4H3,(H,15,17). The molecule has 0 spiro atoms. The van der Waals surface area contributed by atoms with E-state index in [1.54, 1.807) is 18.2 Å². The second kappa shape index (κ2) is 6.74. The van der Waals surface area contributed by atoms with Crippen molar-refractivity contribution < 1.29 is 13.2 Å². The van der Waals surface area contributed by atoms with E-state index < -0.39 is 10.0 Å². The summed E-state index contributed by atoms with van der Waals surface area (Å²) in [6.45, 7) is 6.17. The first-order chi connectivity index (χ1) is 9.20. The van der Waals surface area contributed by atoms with Crippen LogP contribution in [0.15, 0.2) is 24.3 Å². The van der Waals surface area contributed by atoms with Crippen molar-refractivity contribution in [3.8, 4) is 0 Å². The fraction of sp³-hybridized carbons (Fsp3) is 0.500. The van der Waals surface area contributed by atoms with Crippen LogP contribution in [0.5, 0.6) is 0 Å². The fourth-order valence-electron chi connectivity index (χ4n) is 1.69. The van der Waals surface area contributed by atoms with Gasteiger partial charge < -0.3 is 5.32 Å². The molecular weight excluding hydrogens is 276 g/mol. The summed E-state index contributed by atoms with van der Waals surface area (Å²) in [6, 6.07) is 7.08. The third-order valence-electron chi connectivity index (χ3n) is 2.68. The molecule has 0 aliphatic carbocycles. The average Bonchev–Trinajstić information content (AvgIpc) is 2.32. The van der Waals surface area contributed by atoms with Crippen molar-refractivity contribution in [2.45, 2.75) is 20.8 Å². The van der Waals surface area contributed by atoms with Crippen LogP contribution in [0.1, 0.15) is 19.4 Å². The van der Waals surface area contributed by atoms with Gasteiger partial charge in [0.05, 0.1) is 11.9 Å². The lowest BCUT2D eigenvalue weighted by Gasteiger charge is -2.22. The Balaban J connectivity index is 2.90. The van der Waals surface area contributed by atoms with Crippen molar-refractivity contribution in [2.75, 3.05) is 23.7 Å². The quantitative estimate of drug-likeness (QED) is 0.866. The number of carbonyl (C=O) groups is 1. The maximum atomic E-state index is 11.9. The Labute approximate surface area is 121 Å². The fourth-order valence-corrected chi connectivity index (χ4v) is 2.54. The van der Waals surface area contributed by atoms with Gasteiger partial charge in [-0.1, -0.05) is 26.0 Å². The number of hydrogen-bond acceptors (Lipinski definition) is 3. The summed E-state index contributed by atoms with van der Waals surface area (Å²) in [5.74, 6) is 0.0234. The number of nitrogens with zero attached hydrogens (tertiary/aromatic N) is 1. The number of amides is 1. The third-order valence-corrected chi connectivity index (χ3v) is 3.83. The van der Waals surface area contributed by atoms with Crippen LogP contribution in [-0.4, -0.2) is 33.7 Å². The number of carbonyl (C=O) groups excluding carboxylic acids is 1. The van der Waals surface area contributed by atoms with Crippen LogP contribution in [0.4, 0.5) is 5.69 Å². The largest absolute Gasteiger partial charge is 0.354 e. The van der Waals surface area contributed by atoms with Crippen molar-refractivity contribution in [1.82, 2.24) is 5.32 Å². The highest BCUT2D eigenvalue weighted by atomic mass is 32.2. The molecule has 0 fully saturated rings. The first-order valence-corrected chi connectivity index (χ1v) is 8.36. The summed E-state index contributed by atoms with van der Waals surface area (Å²) < 4.78 is 24.8. The van der Waals surface area contributed by atoms with Gasteiger partial charge in [-0.2, -0.15) is 0 Å². The monoisotopic (exact) mass is 298 g/mol. The average molecular weight is 298 g/mol. The molecule has 0 saturated heterocycles. The molecular formula is C14H22N2O3S. The molecule has 112 valence electrons. The molecule has 1 rings (SSSR count). The molecule has 0 unspecified atom stereocenters. The molecule has 1 aromatic carbocycles. The highest BCUT2D eigenvalue weighted by molar-refractivity contribution is 7.92. The van der Waals surface area contributed by atoms with E-state index in [1.165, 1.54) is 0 Å². The van der Waals surface area contributed by atoms with E-state index in [2.05, 4.69) is 5.32 Å². The number of nitrogens with one attached hydrogen (secondary N) is 1. The van der Waals surface area contributed by atoms with E-state index >= 15 is 0 Å². The molecule has 0 bridgehead atoms. The molecule has 0 atom stereocenters. The van der Waals surface area contributed by atoms with E-state index in [0.29, 0.717) is 18.2 Å². The van der Waals surface area contributed by atoms with Gasteiger partial charge in [-0.15, -0.1) is 0 Å². The van der Waals surface area contributed by atoms with Crippen LogP contribution in [-0.2, 0) is 14.8 Å². The molecule has 0 aromatic heterocycles. The number of aryl methyl sites for hydroxylation is 1. The summed E-state index contributed by atoms with van der Waals surface area (Å²) in [7, 11) is -3.50. The topological polar surface area (TPSA) is 66.5 Å². The Morgan fingerprint density at radius 1 is 1.35 bits per heavy atom. The highest BCUT2D eigenvalue weighted by Gasteiger charge is 2.20. The Hall–Kier alpha value is -1.56. The van der Waals surface area contributed by atoms with Crippen LogP contribution in [0.2, 0.25) is 0 Å². The van der Waals surface area contributed by atoms with Crippen LogP contribution in [0.3, 0.4) is 0 Å². The molecule has 0 aliphatic heterocycles. The number of hydrogen-bond donors (Lipinski definition) is 1. The van der Waals surface area contributed by atoms with Crippen molar-refractivity contribution >= 4 is 21.6 Å². The molecule has 0 saturated carbocycles. The van der Waals surface area contributed by atoms with Crippen molar-refractivity contribution in [3.63, 3.8) is 0 Å². The number of benzene rings is 1. The van der Waals surface area contributed by atoms with Gasteiger partial charge in [0, 0.05) is 6.54 Å². The molecule has 0 radical (unpaired) electrons. The van der Waals surface area contributed by atoms with Gasteiger partial charge in [-0.25, -0.2) is 8.42 Å². The lowest BCUT2D eigenvalue weighted by molar-refractivity contribution is -0.119. The van der Waals surface area contributed by atoms with E-state index in [9.17, 15) is 13.2 Å². The maximum Gasteiger partial charge on any atom is 0.240 e. The molecule has 0 aliphatic rings. The zero-order valence-corrected chi connectivity index (χ0v) is 13.2. The molecule has 1 amide bonds. The SMILES string of the molecule is Cc1cccc(N(CC(=O)NCC(C)C)S(C)(=O)=O)c1. The number of rotatable bonds is 6. The lowest BCUT2D eigenvalue weighted by atomic mass is 10.2. The van der Waals surface area contributed by atoms with E-state index in [-0.39, 0.29) is 12.5 Å². The zero-order chi connectivity index (χ0) is 15.3. The molecule has 6 heteroatoms. The predicted molar refractivity (Wildman–Crippen MR) is 81.2 cm³/mol. The summed E-state index contributed by atoms with van der Waals surface area (Å²) in [4.78, 5) is 11.8. The molecule has 0 heterocycles. The minimum atomic E-state index is -3.50. The Bertz CT molecular complexity index is 568. The van der Waals surface area contributed by atoms with E-state index in [0.717, 1.165) is 16.1 Å². The van der Waals surface area contributed by atoms with Gasteiger partial charge in [0.1, 0.15) is 6.54 Å². The van der Waals surface area contributed by atoms with Crippen LogP contribution >= 0.6 is 0 Å². The zero-order valence-electron chi connectivity index (χ0n) is 12.4. The lowest BCUT2D eigenvalue weighted by Crippen LogP contribution is -2.41. The van der Waals surface area contributed by atoms with Gasteiger partial charge in [0.2, 0.25) is 15.9 Å². The van der Waals surface area contributed by atoms with Crippen molar-refractivity contribution in [3.05, 3.63) is 29.8 Å². The molecule has 1 aromatic rings.